The maximum Gasteiger partial charge on any atom is 0.254 e. The summed E-state index contributed by atoms with van der Waals surface area (Å²) in [6.07, 6.45) is 3.82. The molecule has 0 saturated heterocycles. The zero-order valence-electron chi connectivity index (χ0n) is 15.6. The van der Waals surface area contributed by atoms with Gasteiger partial charge < -0.3 is 10.6 Å². The largest absolute Gasteiger partial charge is 0.352 e. The Kier molecular flexibility index (Phi) is 6.74. The molecule has 4 nitrogen and oxygen atoms in total. The predicted molar refractivity (Wildman–Crippen MR) is 103 cm³/mol. The second-order valence-corrected chi connectivity index (χ2v) is 7.28. The molecule has 1 aliphatic rings. The molecule has 2 atom stereocenters. The van der Waals surface area contributed by atoms with Gasteiger partial charge in [-0.25, -0.2) is 8.78 Å². The summed E-state index contributed by atoms with van der Waals surface area (Å²) in [5.41, 5.74) is 0.0963. The number of amides is 2. The second-order valence-electron chi connectivity index (χ2n) is 7.28. The minimum absolute atomic E-state index is 0.0482. The Balaban J connectivity index is 1.46. The molecular weight excluding hydrogens is 362 g/mol. The summed E-state index contributed by atoms with van der Waals surface area (Å²) in [6.45, 7) is 0.954. The average molecular weight is 386 g/mol. The van der Waals surface area contributed by atoms with Crippen molar-refractivity contribution in [1.82, 2.24) is 10.6 Å². The van der Waals surface area contributed by atoms with Crippen LogP contribution in [-0.4, -0.2) is 24.9 Å². The van der Waals surface area contributed by atoms with E-state index >= 15 is 0 Å². The minimum Gasteiger partial charge on any atom is -0.352 e. The fourth-order valence-corrected chi connectivity index (χ4v) is 3.73. The third-order valence-corrected chi connectivity index (χ3v) is 5.23. The van der Waals surface area contributed by atoms with Crippen molar-refractivity contribution in [3.05, 3.63) is 71.3 Å². The van der Waals surface area contributed by atoms with Crippen molar-refractivity contribution in [3.8, 4) is 0 Å². The van der Waals surface area contributed by atoms with E-state index in [1.54, 1.807) is 24.3 Å². The van der Waals surface area contributed by atoms with Gasteiger partial charge in [0.15, 0.2) is 0 Å². The predicted octanol–water partition coefficient (Wildman–Crippen LogP) is 3.93. The summed E-state index contributed by atoms with van der Waals surface area (Å²) in [7, 11) is 0. The molecule has 6 heteroatoms. The molecule has 148 valence electrons. The minimum atomic E-state index is -0.530. The molecule has 2 N–H and O–H groups in total. The zero-order chi connectivity index (χ0) is 19.9. The van der Waals surface area contributed by atoms with Gasteiger partial charge in [-0.1, -0.05) is 30.7 Å². The topological polar surface area (TPSA) is 58.2 Å². The lowest BCUT2D eigenvalue weighted by atomic mass is 9.81. The van der Waals surface area contributed by atoms with Crippen LogP contribution in [0.5, 0.6) is 0 Å². The van der Waals surface area contributed by atoms with Crippen molar-refractivity contribution < 1.29 is 18.4 Å². The Morgan fingerprint density at radius 2 is 1.21 bits per heavy atom. The van der Waals surface area contributed by atoms with Crippen LogP contribution in [0.2, 0.25) is 0 Å². The van der Waals surface area contributed by atoms with Crippen molar-refractivity contribution in [1.29, 1.82) is 0 Å². The number of rotatable bonds is 6. The van der Waals surface area contributed by atoms with Gasteiger partial charge in [0.25, 0.3) is 11.8 Å². The highest BCUT2D eigenvalue weighted by atomic mass is 19.1. The van der Waals surface area contributed by atoms with E-state index in [-0.39, 0.29) is 23.0 Å². The fraction of sp³-hybridized carbons (Fsp3) is 0.364. The van der Waals surface area contributed by atoms with Crippen LogP contribution >= 0.6 is 0 Å². The molecule has 2 aromatic rings. The van der Waals surface area contributed by atoms with E-state index in [1.807, 2.05) is 0 Å². The van der Waals surface area contributed by atoms with Crippen LogP contribution in [0.3, 0.4) is 0 Å². The molecule has 0 spiro atoms. The summed E-state index contributed by atoms with van der Waals surface area (Å²) in [5.74, 6) is -1.32. The molecule has 1 aliphatic carbocycles. The Morgan fingerprint density at radius 3 is 1.64 bits per heavy atom. The molecule has 0 unspecified atom stereocenters. The van der Waals surface area contributed by atoms with Gasteiger partial charge in [-0.3, -0.25) is 9.59 Å². The number of carbonyl (C=O) groups is 2. The molecule has 2 aromatic carbocycles. The lowest BCUT2D eigenvalue weighted by Gasteiger charge is -2.29. The number of halogens is 2. The lowest BCUT2D eigenvalue weighted by Crippen LogP contribution is -2.36. The van der Waals surface area contributed by atoms with Gasteiger partial charge in [-0.2, -0.15) is 0 Å². The third kappa shape index (κ3) is 5.15. The van der Waals surface area contributed by atoms with Crippen LogP contribution in [0.25, 0.3) is 0 Å². The Bertz CT molecular complexity index is 773. The first-order chi connectivity index (χ1) is 13.5. The maximum atomic E-state index is 13.7. The van der Waals surface area contributed by atoms with Gasteiger partial charge in [-0.15, -0.1) is 0 Å². The van der Waals surface area contributed by atoms with Crippen molar-refractivity contribution >= 4 is 11.8 Å². The number of nitrogens with one attached hydrogen (secondary N) is 2. The van der Waals surface area contributed by atoms with Crippen molar-refractivity contribution in [2.24, 2.45) is 11.8 Å². The molecule has 0 bridgehead atoms. The van der Waals surface area contributed by atoms with E-state index in [0.29, 0.717) is 13.1 Å². The van der Waals surface area contributed by atoms with Crippen molar-refractivity contribution in [3.63, 3.8) is 0 Å². The molecular formula is C22H24F2N2O2. The Labute approximate surface area is 163 Å². The SMILES string of the molecule is O=C(NC[C@@H]1CCC[C@@H](CNC(=O)c2ccccc2F)C1)c1ccccc1F. The van der Waals surface area contributed by atoms with Crippen molar-refractivity contribution in [2.75, 3.05) is 13.1 Å². The number of hydrogen-bond acceptors (Lipinski definition) is 2. The lowest BCUT2D eigenvalue weighted by molar-refractivity contribution is 0.0931. The zero-order valence-corrected chi connectivity index (χ0v) is 15.6. The van der Waals surface area contributed by atoms with Crippen LogP contribution in [-0.2, 0) is 0 Å². The molecule has 3 rings (SSSR count). The average Bonchev–Trinajstić information content (AvgIpc) is 2.71. The van der Waals surface area contributed by atoms with Gasteiger partial charge in [0.1, 0.15) is 11.6 Å². The normalized spacial score (nSPS) is 19.1. The van der Waals surface area contributed by atoms with E-state index in [4.69, 9.17) is 0 Å². The maximum absolute atomic E-state index is 13.7. The third-order valence-electron chi connectivity index (χ3n) is 5.23. The molecule has 1 fully saturated rings. The first-order valence-corrected chi connectivity index (χ1v) is 9.60. The van der Waals surface area contributed by atoms with Crippen LogP contribution in [0.15, 0.2) is 48.5 Å². The molecule has 0 aromatic heterocycles. The summed E-state index contributed by atoms with van der Waals surface area (Å²) < 4.78 is 27.4. The van der Waals surface area contributed by atoms with Gasteiger partial charge >= 0.3 is 0 Å². The van der Waals surface area contributed by atoms with E-state index in [0.717, 1.165) is 25.7 Å². The summed E-state index contributed by atoms with van der Waals surface area (Å²) in [6, 6.07) is 11.8. The van der Waals surface area contributed by atoms with Gasteiger partial charge in [0.2, 0.25) is 0 Å². The van der Waals surface area contributed by atoms with Gasteiger partial charge in [-0.05, 0) is 55.4 Å². The van der Waals surface area contributed by atoms with Crippen molar-refractivity contribution in [2.45, 2.75) is 25.7 Å². The quantitative estimate of drug-likeness (QED) is 0.790. The molecule has 1 saturated carbocycles. The smallest absolute Gasteiger partial charge is 0.254 e. The van der Waals surface area contributed by atoms with Crippen LogP contribution < -0.4 is 10.6 Å². The van der Waals surface area contributed by atoms with Gasteiger partial charge in [0, 0.05) is 13.1 Å². The summed E-state index contributed by atoms with van der Waals surface area (Å²) >= 11 is 0. The van der Waals surface area contributed by atoms with E-state index in [1.165, 1.54) is 24.3 Å². The monoisotopic (exact) mass is 386 g/mol. The van der Waals surface area contributed by atoms with Crippen LogP contribution in [0.1, 0.15) is 46.4 Å². The molecule has 0 aliphatic heterocycles. The Morgan fingerprint density at radius 1 is 0.786 bits per heavy atom. The van der Waals surface area contributed by atoms with E-state index in [9.17, 15) is 18.4 Å². The first-order valence-electron chi connectivity index (χ1n) is 9.60. The molecule has 0 heterocycles. The first kappa shape index (κ1) is 20.0. The highest BCUT2D eigenvalue weighted by Gasteiger charge is 2.24. The number of benzene rings is 2. The highest BCUT2D eigenvalue weighted by Crippen LogP contribution is 2.28. The number of hydrogen-bond donors (Lipinski definition) is 2. The van der Waals surface area contributed by atoms with Crippen LogP contribution in [0, 0.1) is 23.5 Å². The summed E-state index contributed by atoms with van der Waals surface area (Å²) in [4.78, 5) is 24.3. The summed E-state index contributed by atoms with van der Waals surface area (Å²) in [5, 5.41) is 5.62. The standard InChI is InChI=1S/C22H24F2N2O2/c23-19-10-3-1-8-17(19)21(27)25-13-15-6-5-7-16(12-15)14-26-22(28)18-9-2-4-11-20(18)24/h1-4,8-11,15-16H,5-7,12-14H2,(H,25,27)(H,26,28)/t15-,16-/m1/s1. The molecule has 0 radical (unpaired) electrons. The molecule has 2 amide bonds. The Hall–Kier alpha value is -2.76. The highest BCUT2D eigenvalue weighted by molar-refractivity contribution is 5.94. The van der Waals surface area contributed by atoms with Gasteiger partial charge in [0.05, 0.1) is 11.1 Å². The second kappa shape index (κ2) is 9.44. The van der Waals surface area contributed by atoms with Crippen LogP contribution in [0.4, 0.5) is 8.78 Å². The fourth-order valence-electron chi connectivity index (χ4n) is 3.73. The molecule has 28 heavy (non-hydrogen) atoms. The van der Waals surface area contributed by atoms with E-state index in [2.05, 4.69) is 10.6 Å². The van der Waals surface area contributed by atoms with E-state index < -0.39 is 23.4 Å². The number of carbonyl (C=O) groups excluding carboxylic acids is 2.